The van der Waals surface area contributed by atoms with Crippen LogP contribution < -0.4 is 0 Å². The molecule has 2 aromatic carbocycles. The molecule has 0 aliphatic rings. The molecular formula is C16H18O2S. The Morgan fingerprint density at radius 3 is 1.58 bits per heavy atom. The van der Waals surface area contributed by atoms with Crippen LogP contribution in [0.1, 0.15) is 11.1 Å². The fourth-order valence-corrected chi connectivity index (χ4v) is 2.92. The first-order valence-corrected chi connectivity index (χ1v) is 6.98. The summed E-state index contributed by atoms with van der Waals surface area (Å²) in [5.74, 6) is 0. The number of benzene rings is 2. The molecule has 0 aliphatic heterocycles. The Morgan fingerprint density at radius 2 is 1.16 bits per heavy atom. The van der Waals surface area contributed by atoms with E-state index in [0.29, 0.717) is 13.2 Å². The topological polar surface area (TPSA) is 18.5 Å². The Labute approximate surface area is 118 Å². The smallest absolute Gasteiger partial charge is 0.0724 e. The summed E-state index contributed by atoms with van der Waals surface area (Å²) in [5, 5.41) is 0. The van der Waals surface area contributed by atoms with Gasteiger partial charge in [0.15, 0.2) is 0 Å². The monoisotopic (exact) mass is 274 g/mol. The molecular weight excluding hydrogens is 256 g/mol. The standard InChI is InChI=1S/C16H18O2S/c1-17-11-13-7-3-5-9-15(13)19-16-10-6-4-8-14(16)12-18-2/h3-10H,11-12H2,1-2H3. The lowest BCUT2D eigenvalue weighted by Crippen LogP contribution is -1.93. The second kappa shape index (κ2) is 7.34. The van der Waals surface area contributed by atoms with E-state index in [4.69, 9.17) is 9.47 Å². The minimum Gasteiger partial charge on any atom is -0.380 e. The van der Waals surface area contributed by atoms with Gasteiger partial charge in [-0.3, -0.25) is 0 Å². The van der Waals surface area contributed by atoms with Gasteiger partial charge in [0.2, 0.25) is 0 Å². The van der Waals surface area contributed by atoms with Gasteiger partial charge >= 0.3 is 0 Å². The van der Waals surface area contributed by atoms with Crippen LogP contribution in [-0.2, 0) is 22.7 Å². The lowest BCUT2D eigenvalue weighted by molar-refractivity contribution is 0.182. The zero-order valence-corrected chi connectivity index (χ0v) is 12.1. The zero-order chi connectivity index (χ0) is 13.5. The summed E-state index contributed by atoms with van der Waals surface area (Å²) in [5.41, 5.74) is 2.42. The normalized spacial score (nSPS) is 10.6. The molecule has 0 saturated carbocycles. The Bertz CT molecular complexity index is 478. The van der Waals surface area contributed by atoms with E-state index >= 15 is 0 Å². The third kappa shape index (κ3) is 3.83. The van der Waals surface area contributed by atoms with Gasteiger partial charge in [0.25, 0.3) is 0 Å². The Hall–Kier alpha value is -1.29. The predicted octanol–water partition coefficient (Wildman–Crippen LogP) is 4.13. The first kappa shape index (κ1) is 14.1. The molecule has 100 valence electrons. The lowest BCUT2D eigenvalue weighted by Gasteiger charge is -2.11. The molecule has 0 amide bonds. The summed E-state index contributed by atoms with van der Waals surface area (Å²) in [7, 11) is 3.45. The third-order valence-electron chi connectivity index (χ3n) is 2.76. The van der Waals surface area contributed by atoms with Crippen molar-refractivity contribution in [1.82, 2.24) is 0 Å². The van der Waals surface area contributed by atoms with Crippen molar-refractivity contribution in [3.05, 3.63) is 59.7 Å². The fraction of sp³-hybridized carbons (Fsp3) is 0.250. The molecule has 0 N–H and O–H groups in total. The van der Waals surface area contributed by atoms with Crippen molar-refractivity contribution in [2.45, 2.75) is 23.0 Å². The van der Waals surface area contributed by atoms with Crippen LogP contribution in [0.3, 0.4) is 0 Å². The van der Waals surface area contributed by atoms with Gasteiger partial charge in [-0.1, -0.05) is 48.2 Å². The second-order valence-corrected chi connectivity index (χ2v) is 5.27. The molecule has 0 aliphatic carbocycles. The fourth-order valence-electron chi connectivity index (χ4n) is 1.87. The van der Waals surface area contributed by atoms with E-state index in [0.717, 1.165) is 0 Å². The van der Waals surface area contributed by atoms with E-state index in [1.54, 1.807) is 26.0 Å². The summed E-state index contributed by atoms with van der Waals surface area (Å²) in [6, 6.07) is 16.7. The molecule has 0 radical (unpaired) electrons. The van der Waals surface area contributed by atoms with Gasteiger partial charge in [-0.2, -0.15) is 0 Å². The van der Waals surface area contributed by atoms with Gasteiger partial charge < -0.3 is 9.47 Å². The summed E-state index contributed by atoms with van der Waals surface area (Å²) in [6.45, 7) is 1.27. The Morgan fingerprint density at radius 1 is 0.737 bits per heavy atom. The van der Waals surface area contributed by atoms with Gasteiger partial charge in [-0.05, 0) is 23.3 Å². The first-order valence-electron chi connectivity index (χ1n) is 6.16. The van der Waals surface area contributed by atoms with Crippen molar-refractivity contribution in [3.8, 4) is 0 Å². The van der Waals surface area contributed by atoms with Crippen LogP contribution >= 0.6 is 11.8 Å². The van der Waals surface area contributed by atoms with Gasteiger partial charge in [-0.15, -0.1) is 0 Å². The van der Waals surface area contributed by atoms with Gasteiger partial charge in [0.05, 0.1) is 13.2 Å². The van der Waals surface area contributed by atoms with Crippen molar-refractivity contribution in [2.24, 2.45) is 0 Å². The maximum Gasteiger partial charge on any atom is 0.0724 e. The van der Waals surface area contributed by atoms with Crippen LogP contribution in [0, 0.1) is 0 Å². The molecule has 0 fully saturated rings. The van der Waals surface area contributed by atoms with Crippen LogP contribution in [-0.4, -0.2) is 14.2 Å². The highest BCUT2D eigenvalue weighted by atomic mass is 32.2. The number of hydrogen-bond acceptors (Lipinski definition) is 3. The van der Waals surface area contributed by atoms with E-state index in [1.807, 2.05) is 12.1 Å². The second-order valence-electron chi connectivity index (χ2n) is 4.18. The largest absolute Gasteiger partial charge is 0.380 e. The first-order chi connectivity index (χ1) is 9.35. The van der Waals surface area contributed by atoms with Crippen molar-refractivity contribution in [1.29, 1.82) is 0 Å². The molecule has 2 nitrogen and oxygen atoms in total. The van der Waals surface area contributed by atoms with Crippen molar-refractivity contribution in [2.75, 3.05) is 14.2 Å². The van der Waals surface area contributed by atoms with Gasteiger partial charge in [0.1, 0.15) is 0 Å². The van der Waals surface area contributed by atoms with Crippen LogP contribution in [0.15, 0.2) is 58.3 Å². The van der Waals surface area contributed by atoms with Gasteiger partial charge in [-0.25, -0.2) is 0 Å². The SMILES string of the molecule is COCc1ccccc1Sc1ccccc1COC. The molecule has 3 heteroatoms. The Balaban J connectivity index is 2.25. The summed E-state index contributed by atoms with van der Waals surface area (Å²) < 4.78 is 10.5. The molecule has 0 atom stereocenters. The number of rotatable bonds is 6. The molecule has 0 aromatic heterocycles. The number of hydrogen-bond donors (Lipinski definition) is 0. The van der Waals surface area contributed by atoms with E-state index in [1.165, 1.54) is 20.9 Å². The maximum atomic E-state index is 5.25. The molecule has 19 heavy (non-hydrogen) atoms. The van der Waals surface area contributed by atoms with Crippen molar-refractivity contribution in [3.63, 3.8) is 0 Å². The maximum absolute atomic E-state index is 5.25. The summed E-state index contributed by atoms with van der Waals surface area (Å²) >= 11 is 1.76. The number of ether oxygens (including phenoxy) is 2. The summed E-state index contributed by atoms with van der Waals surface area (Å²) in [4.78, 5) is 2.46. The molecule has 0 bridgehead atoms. The Kier molecular flexibility index (Phi) is 5.45. The van der Waals surface area contributed by atoms with E-state index in [2.05, 4.69) is 36.4 Å². The molecule has 0 saturated heterocycles. The van der Waals surface area contributed by atoms with Crippen molar-refractivity contribution >= 4 is 11.8 Å². The zero-order valence-electron chi connectivity index (χ0n) is 11.3. The molecule has 2 rings (SSSR count). The molecule has 0 spiro atoms. The highest BCUT2D eigenvalue weighted by molar-refractivity contribution is 7.99. The van der Waals surface area contributed by atoms with E-state index in [-0.39, 0.29) is 0 Å². The van der Waals surface area contributed by atoms with Crippen LogP contribution in [0.4, 0.5) is 0 Å². The number of methoxy groups -OCH3 is 2. The van der Waals surface area contributed by atoms with E-state index in [9.17, 15) is 0 Å². The highest BCUT2D eigenvalue weighted by Gasteiger charge is 2.07. The van der Waals surface area contributed by atoms with Crippen LogP contribution in [0.2, 0.25) is 0 Å². The lowest BCUT2D eigenvalue weighted by atomic mass is 10.2. The average Bonchev–Trinajstić information content (AvgIpc) is 2.44. The van der Waals surface area contributed by atoms with Crippen LogP contribution in [0.25, 0.3) is 0 Å². The van der Waals surface area contributed by atoms with Gasteiger partial charge in [0, 0.05) is 24.0 Å². The predicted molar refractivity (Wildman–Crippen MR) is 78.4 cm³/mol. The van der Waals surface area contributed by atoms with Crippen molar-refractivity contribution < 1.29 is 9.47 Å². The third-order valence-corrected chi connectivity index (χ3v) is 4.00. The van der Waals surface area contributed by atoms with Crippen LogP contribution in [0.5, 0.6) is 0 Å². The molecule has 2 aromatic rings. The van der Waals surface area contributed by atoms with E-state index < -0.39 is 0 Å². The minimum absolute atomic E-state index is 0.635. The summed E-state index contributed by atoms with van der Waals surface area (Å²) in [6.07, 6.45) is 0. The molecule has 0 heterocycles. The average molecular weight is 274 g/mol. The highest BCUT2D eigenvalue weighted by Crippen LogP contribution is 2.33. The minimum atomic E-state index is 0.635. The molecule has 0 unspecified atom stereocenters. The quantitative estimate of drug-likeness (QED) is 0.789.